The molecule has 0 aliphatic carbocycles. The van der Waals surface area contributed by atoms with Crippen LogP contribution in [0.1, 0.15) is 30.8 Å². The Bertz CT molecular complexity index is 891. The molecule has 0 saturated heterocycles. The molecule has 6 nitrogen and oxygen atoms in total. The van der Waals surface area contributed by atoms with Gasteiger partial charge in [0.1, 0.15) is 11.4 Å². The van der Waals surface area contributed by atoms with E-state index in [9.17, 15) is 4.79 Å². The fraction of sp³-hybridized carbons (Fsp3) is 0.304. The van der Waals surface area contributed by atoms with E-state index in [1.54, 1.807) is 6.07 Å². The predicted octanol–water partition coefficient (Wildman–Crippen LogP) is 4.12. The summed E-state index contributed by atoms with van der Waals surface area (Å²) < 4.78 is 5.45. The highest BCUT2D eigenvalue weighted by atomic mass is 16.5. The van der Waals surface area contributed by atoms with Gasteiger partial charge < -0.3 is 15.0 Å². The maximum absolute atomic E-state index is 12.4. The molecule has 0 aliphatic rings. The van der Waals surface area contributed by atoms with Crippen molar-refractivity contribution >= 4 is 11.6 Å². The van der Waals surface area contributed by atoms with Crippen LogP contribution in [0.5, 0.6) is 5.75 Å². The van der Waals surface area contributed by atoms with Crippen molar-refractivity contribution in [2.75, 3.05) is 31.1 Å². The Balaban J connectivity index is 1.49. The number of H-pyrrole nitrogens is 1. The highest BCUT2D eigenvalue weighted by Crippen LogP contribution is 2.21. The summed E-state index contributed by atoms with van der Waals surface area (Å²) in [6, 6.07) is 19.8. The van der Waals surface area contributed by atoms with Crippen LogP contribution in [0.4, 0.5) is 5.69 Å². The normalized spacial score (nSPS) is 10.6. The number of carbonyl (C=O) groups excluding carboxylic acids is 1. The van der Waals surface area contributed by atoms with Crippen molar-refractivity contribution in [1.82, 2.24) is 15.5 Å². The van der Waals surface area contributed by atoms with E-state index in [-0.39, 0.29) is 5.91 Å². The van der Waals surface area contributed by atoms with Crippen LogP contribution in [-0.2, 0) is 0 Å². The second-order valence-corrected chi connectivity index (χ2v) is 6.65. The summed E-state index contributed by atoms with van der Waals surface area (Å²) in [7, 11) is 0. The molecule has 1 heterocycles. The molecular weight excluding hydrogens is 364 g/mol. The van der Waals surface area contributed by atoms with Gasteiger partial charge in [0.15, 0.2) is 0 Å². The first-order valence-corrected chi connectivity index (χ1v) is 10.1. The van der Waals surface area contributed by atoms with E-state index in [0.29, 0.717) is 18.8 Å². The molecule has 0 unspecified atom stereocenters. The Labute approximate surface area is 171 Å². The number of benzene rings is 2. The number of amides is 1. The zero-order valence-electron chi connectivity index (χ0n) is 17.0. The number of anilines is 1. The van der Waals surface area contributed by atoms with Crippen molar-refractivity contribution in [1.29, 1.82) is 0 Å². The third-order valence-electron chi connectivity index (χ3n) is 4.68. The Hall–Kier alpha value is -3.28. The number of aromatic nitrogens is 2. The molecule has 2 aromatic carbocycles. The number of para-hydroxylation sites is 1. The fourth-order valence-corrected chi connectivity index (χ4v) is 3.15. The minimum absolute atomic E-state index is 0.141. The smallest absolute Gasteiger partial charge is 0.269 e. The fourth-order valence-electron chi connectivity index (χ4n) is 3.15. The van der Waals surface area contributed by atoms with E-state index in [2.05, 4.69) is 39.5 Å². The van der Waals surface area contributed by atoms with Crippen molar-refractivity contribution in [3.8, 4) is 17.0 Å². The lowest BCUT2D eigenvalue weighted by Crippen LogP contribution is -2.30. The average molecular weight is 393 g/mol. The third kappa shape index (κ3) is 5.60. The summed E-state index contributed by atoms with van der Waals surface area (Å²) in [5.74, 6) is 0.679. The lowest BCUT2D eigenvalue weighted by Gasteiger charge is -2.23. The number of nitrogens with zero attached hydrogens (tertiary/aromatic N) is 2. The maximum Gasteiger partial charge on any atom is 0.269 e. The highest BCUT2D eigenvalue weighted by molar-refractivity contribution is 5.93. The second-order valence-electron chi connectivity index (χ2n) is 6.65. The lowest BCUT2D eigenvalue weighted by molar-refractivity contribution is 0.0948. The molecule has 6 heteroatoms. The number of rotatable bonds is 10. The van der Waals surface area contributed by atoms with Crippen molar-refractivity contribution < 1.29 is 9.53 Å². The molecule has 0 fully saturated rings. The first kappa shape index (κ1) is 20.5. The zero-order chi connectivity index (χ0) is 20.5. The Morgan fingerprint density at radius 3 is 2.55 bits per heavy atom. The summed E-state index contributed by atoms with van der Waals surface area (Å²) in [5.41, 5.74) is 3.34. The summed E-state index contributed by atoms with van der Waals surface area (Å²) >= 11 is 0. The van der Waals surface area contributed by atoms with Crippen molar-refractivity contribution in [2.45, 2.75) is 20.3 Å². The number of carbonyl (C=O) groups is 1. The van der Waals surface area contributed by atoms with Crippen LogP contribution in [-0.4, -0.2) is 42.3 Å². The zero-order valence-corrected chi connectivity index (χ0v) is 17.0. The van der Waals surface area contributed by atoms with Crippen molar-refractivity contribution in [3.63, 3.8) is 0 Å². The Kier molecular flexibility index (Phi) is 7.28. The van der Waals surface area contributed by atoms with E-state index in [4.69, 9.17) is 4.74 Å². The van der Waals surface area contributed by atoms with E-state index >= 15 is 0 Å². The van der Waals surface area contributed by atoms with Gasteiger partial charge in [-0.1, -0.05) is 18.2 Å². The first-order chi connectivity index (χ1) is 14.2. The first-order valence-electron chi connectivity index (χ1n) is 10.1. The SMILES string of the molecule is CCOc1ccc(-c2cc(C(=O)NCCCN(CC)c3ccccc3)[nH]n2)cc1. The molecule has 0 spiro atoms. The number of ether oxygens (including phenoxy) is 1. The molecule has 152 valence electrons. The molecular formula is C23H28N4O2. The molecule has 1 aromatic heterocycles. The maximum atomic E-state index is 12.4. The lowest BCUT2D eigenvalue weighted by atomic mass is 10.1. The number of hydrogen-bond acceptors (Lipinski definition) is 4. The Morgan fingerprint density at radius 2 is 1.86 bits per heavy atom. The summed E-state index contributed by atoms with van der Waals surface area (Å²) in [6.45, 7) is 7.16. The van der Waals surface area contributed by atoms with Gasteiger partial charge in [0.05, 0.1) is 12.3 Å². The molecule has 0 saturated carbocycles. The molecule has 0 radical (unpaired) electrons. The van der Waals surface area contributed by atoms with Gasteiger partial charge in [-0.05, 0) is 62.7 Å². The van der Waals surface area contributed by atoms with Gasteiger partial charge in [-0.3, -0.25) is 9.89 Å². The average Bonchev–Trinajstić information content (AvgIpc) is 3.25. The van der Waals surface area contributed by atoms with Gasteiger partial charge in [0.2, 0.25) is 0 Å². The standard InChI is InChI=1S/C23H28N4O2/c1-3-27(19-9-6-5-7-10-19)16-8-15-24-23(28)22-17-21(25-26-22)18-11-13-20(14-12-18)29-4-2/h5-7,9-14,17H,3-4,8,15-16H2,1-2H3,(H,24,28)(H,25,26). The summed E-state index contributed by atoms with van der Waals surface area (Å²) in [5, 5.41) is 10.0. The van der Waals surface area contributed by atoms with E-state index < -0.39 is 0 Å². The van der Waals surface area contributed by atoms with Crippen molar-refractivity contribution in [2.24, 2.45) is 0 Å². The van der Waals surface area contributed by atoms with Gasteiger partial charge in [-0.15, -0.1) is 0 Å². The van der Waals surface area contributed by atoms with Crippen LogP contribution in [0.25, 0.3) is 11.3 Å². The van der Waals surface area contributed by atoms with Gasteiger partial charge in [-0.25, -0.2) is 0 Å². The molecule has 2 N–H and O–H groups in total. The van der Waals surface area contributed by atoms with E-state index in [1.807, 2.05) is 49.4 Å². The minimum Gasteiger partial charge on any atom is -0.494 e. The molecule has 3 aromatic rings. The van der Waals surface area contributed by atoms with E-state index in [1.165, 1.54) is 5.69 Å². The number of nitrogens with one attached hydrogen (secondary N) is 2. The van der Waals surface area contributed by atoms with Crippen LogP contribution >= 0.6 is 0 Å². The van der Waals surface area contributed by atoms with Crippen LogP contribution < -0.4 is 15.0 Å². The monoisotopic (exact) mass is 392 g/mol. The molecule has 0 aliphatic heterocycles. The van der Waals surface area contributed by atoms with Gasteiger partial charge in [-0.2, -0.15) is 5.10 Å². The highest BCUT2D eigenvalue weighted by Gasteiger charge is 2.11. The third-order valence-corrected chi connectivity index (χ3v) is 4.68. The quantitative estimate of drug-likeness (QED) is 0.509. The second kappa shape index (κ2) is 10.3. The summed E-state index contributed by atoms with van der Waals surface area (Å²) in [6.07, 6.45) is 0.869. The molecule has 1 amide bonds. The van der Waals surface area contributed by atoms with Crippen LogP contribution in [0, 0.1) is 0 Å². The summed E-state index contributed by atoms with van der Waals surface area (Å²) in [4.78, 5) is 14.7. The minimum atomic E-state index is -0.141. The molecule has 0 atom stereocenters. The molecule has 0 bridgehead atoms. The largest absolute Gasteiger partial charge is 0.494 e. The van der Waals surface area contributed by atoms with Crippen molar-refractivity contribution in [3.05, 3.63) is 66.4 Å². The molecule has 3 rings (SSSR count). The topological polar surface area (TPSA) is 70.2 Å². The van der Waals surface area contributed by atoms with E-state index in [0.717, 1.165) is 36.5 Å². The van der Waals surface area contributed by atoms with Crippen LogP contribution in [0.3, 0.4) is 0 Å². The predicted molar refractivity (Wildman–Crippen MR) is 116 cm³/mol. The van der Waals surface area contributed by atoms with Crippen LogP contribution in [0.15, 0.2) is 60.7 Å². The van der Waals surface area contributed by atoms with Gasteiger partial charge in [0, 0.05) is 30.9 Å². The Morgan fingerprint density at radius 1 is 1.10 bits per heavy atom. The van der Waals surface area contributed by atoms with Gasteiger partial charge >= 0.3 is 0 Å². The number of aromatic amines is 1. The van der Waals surface area contributed by atoms with Crippen LogP contribution in [0.2, 0.25) is 0 Å². The van der Waals surface area contributed by atoms with Gasteiger partial charge in [0.25, 0.3) is 5.91 Å². The number of hydrogen-bond donors (Lipinski definition) is 2. The molecule has 29 heavy (non-hydrogen) atoms.